The molecule has 1 amide bonds. The lowest BCUT2D eigenvalue weighted by atomic mass is 9.77. The molecule has 1 saturated heterocycles. The van der Waals surface area contributed by atoms with Crippen LogP contribution in [0.15, 0.2) is 54.9 Å². The Morgan fingerprint density at radius 1 is 1.12 bits per heavy atom. The maximum atomic E-state index is 13.0. The van der Waals surface area contributed by atoms with Gasteiger partial charge in [-0.05, 0) is 34.9 Å². The highest BCUT2D eigenvalue weighted by Crippen LogP contribution is 2.36. The maximum Gasteiger partial charge on any atom is 0.433 e. The van der Waals surface area contributed by atoms with Crippen molar-refractivity contribution in [1.82, 2.24) is 9.97 Å². The molecular formula is C22H17ClF3N3O3. The highest BCUT2D eigenvalue weighted by molar-refractivity contribution is 6.29. The normalized spacial score (nSPS) is 15.2. The van der Waals surface area contributed by atoms with Crippen molar-refractivity contribution in [3.05, 3.63) is 76.8 Å². The zero-order valence-corrected chi connectivity index (χ0v) is 17.2. The Hall–Kier alpha value is -3.01. The molecule has 0 bridgehead atoms. The third kappa shape index (κ3) is 4.19. The van der Waals surface area contributed by atoms with Gasteiger partial charge in [-0.15, -0.1) is 0 Å². The van der Waals surface area contributed by atoms with Crippen LogP contribution in [0.2, 0.25) is 5.15 Å². The first-order valence-electron chi connectivity index (χ1n) is 9.51. The number of hydrogen-bond acceptors (Lipinski definition) is 5. The van der Waals surface area contributed by atoms with Crippen LogP contribution >= 0.6 is 11.6 Å². The van der Waals surface area contributed by atoms with Gasteiger partial charge in [0.2, 0.25) is 5.91 Å². The molecule has 2 aromatic heterocycles. The molecule has 0 aliphatic carbocycles. The van der Waals surface area contributed by atoms with E-state index in [1.807, 2.05) is 0 Å². The molecule has 3 heterocycles. The molecule has 32 heavy (non-hydrogen) atoms. The van der Waals surface area contributed by atoms with Gasteiger partial charge in [0.1, 0.15) is 16.3 Å². The smallest absolute Gasteiger partial charge is 0.392 e. The van der Waals surface area contributed by atoms with Gasteiger partial charge in [-0.2, -0.15) is 13.2 Å². The number of aromatic nitrogens is 2. The fourth-order valence-electron chi connectivity index (χ4n) is 3.45. The third-order valence-electron chi connectivity index (χ3n) is 5.32. The van der Waals surface area contributed by atoms with Crippen molar-refractivity contribution < 1.29 is 27.8 Å². The van der Waals surface area contributed by atoms with Crippen LogP contribution in [0.3, 0.4) is 0 Å². The van der Waals surface area contributed by atoms with Crippen molar-refractivity contribution >= 4 is 23.2 Å². The van der Waals surface area contributed by atoms with Crippen LogP contribution in [-0.2, 0) is 27.7 Å². The van der Waals surface area contributed by atoms with Crippen molar-refractivity contribution in [2.75, 3.05) is 18.5 Å². The van der Waals surface area contributed by atoms with E-state index in [-0.39, 0.29) is 24.7 Å². The number of alkyl halides is 3. The van der Waals surface area contributed by atoms with Crippen LogP contribution < -0.4 is 5.32 Å². The van der Waals surface area contributed by atoms with Gasteiger partial charge in [-0.25, -0.2) is 4.98 Å². The molecule has 0 spiro atoms. The van der Waals surface area contributed by atoms with E-state index in [0.717, 1.165) is 12.3 Å². The topological polar surface area (TPSA) is 84.3 Å². The summed E-state index contributed by atoms with van der Waals surface area (Å²) in [5.41, 5.74) is 0.258. The van der Waals surface area contributed by atoms with Gasteiger partial charge in [0.15, 0.2) is 0 Å². The Labute approximate surface area is 186 Å². The number of aliphatic hydroxyl groups excluding tert-OH is 1. The largest absolute Gasteiger partial charge is 0.433 e. The Bertz CT molecular complexity index is 1130. The molecule has 0 saturated carbocycles. The number of aliphatic hydroxyl groups is 1. The fourth-order valence-corrected chi connectivity index (χ4v) is 3.56. The molecule has 166 valence electrons. The Kier molecular flexibility index (Phi) is 5.89. The lowest BCUT2D eigenvalue weighted by molar-refractivity contribution is -0.141. The predicted molar refractivity (Wildman–Crippen MR) is 111 cm³/mol. The number of amides is 1. The fraction of sp³-hybridized carbons (Fsp3) is 0.227. The number of pyridine rings is 2. The summed E-state index contributed by atoms with van der Waals surface area (Å²) in [6.07, 6.45) is -2.06. The Morgan fingerprint density at radius 3 is 2.38 bits per heavy atom. The number of halogens is 4. The van der Waals surface area contributed by atoms with Crippen molar-refractivity contribution in [3.8, 4) is 11.1 Å². The molecule has 1 aliphatic rings. The molecule has 4 rings (SSSR count). The monoisotopic (exact) mass is 463 g/mol. The minimum atomic E-state index is -4.60. The molecule has 3 aromatic rings. The quantitative estimate of drug-likeness (QED) is 0.554. The second-order valence-electron chi connectivity index (χ2n) is 7.36. The molecule has 10 heteroatoms. The number of hydrogen-bond donors (Lipinski definition) is 2. The van der Waals surface area contributed by atoms with Crippen LogP contribution in [0.5, 0.6) is 0 Å². The second kappa shape index (κ2) is 8.50. The molecule has 2 N–H and O–H groups in total. The standard InChI is InChI=1S/C22H17ClF3N3O3/c23-19-6-5-16(8-28-19)29-20(31)21(11-32-12-21)15-3-1-13(2-4-15)17-9-27-18(22(24,25)26)7-14(17)10-30/h1-9,30H,10-12H2,(H,29,31). The molecule has 0 unspecified atom stereocenters. The van der Waals surface area contributed by atoms with E-state index < -0.39 is 23.9 Å². The van der Waals surface area contributed by atoms with Crippen molar-refractivity contribution in [1.29, 1.82) is 0 Å². The number of ether oxygens (including phenoxy) is 1. The van der Waals surface area contributed by atoms with Crippen LogP contribution in [0.25, 0.3) is 11.1 Å². The number of carbonyl (C=O) groups is 1. The lowest BCUT2D eigenvalue weighted by Gasteiger charge is -2.40. The van der Waals surface area contributed by atoms with E-state index in [4.69, 9.17) is 16.3 Å². The minimum Gasteiger partial charge on any atom is -0.392 e. The van der Waals surface area contributed by atoms with E-state index in [2.05, 4.69) is 15.3 Å². The van der Waals surface area contributed by atoms with Crippen LogP contribution in [0.4, 0.5) is 18.9 Å². The van der Waals surface area contributed by atoms with Crippen molar-refractivity contribution in [2.45, 2.75) is 18.2 Å². The van der Waals surface area contributed by atoms with Gasteiger partial charge in [0, 0.05) is 11.8 Å². The lowest BCUT2D eigenvalue weighted by Crippen LogP contribution is -2.55. The highest BCUT2D eigenvalue weighted by atomic mass is 35.5. The Balaban J connectivity index is 1.60. The van der Waals surface area contributed by atoms with Gasteiger partial charge in [-0.3, -0.25) is 9.78 Å². The van der Waals surface area contributed by atoms with E-state index in [0.29, 0.717) is 27.5 Å². The average molecular weight is 464 g/mol. The first kappa shape index (κ1) is 22.2. The summed E-state index contributed by atoms with van der Waals surface area (Å²) in [6.45, 7) is -0.205. The predicted octanol–water partition coefficient (Wildman–Crippen LogP) is 4.21. The third-order valence-corrected chi connectivity index (χ3v) is 5.54. The Morgan fingerprint density at radius 2 is 1.84 bits per heavy atom. The highest BCUT2D eigenvalue weighted by Gasteiger charge is 2.47. The van der Waals surface area contributed by atoms with E-state index in [1.54, 1.807) is 36.4 Å². The van der Waals surface area contributed by atoms with Crippen LogP contribution in [0.1, 0.15) is 16.8 Å². The summed E-state index contributed by atoms with van der Waals surface area (Å²) < 4.78 is 44.1. The number of nitrogens with zero attached hydrogens (tertiary/aromatic N) is 2. The van der Waals surface area contributed by atoms with Gasteiger partial charge in [-0.1, -0.05) is 35.9 Å². The molecular weight excluding hydrogens is 447 g/mol. The van der Waals surface area contributed by atoms with Gasteiger partial charge < -0.3 is 15.2 Å². The number of benzene rings is 1. The summed E-state index contributed by atoms with van der Waals surface area (Å²) in [4.78, 5) is 20.4. The molecule has 1 fully saturated rings. The summed E-state index contributed by atoms with van der Waals surface area (Å²) in [7, 11) is 0. The summed E-state index contributed by atoms with van der Waals surface area (Å²) >= 11 is 5.77. The maximum absolute atomic E-state index is 13.0. The van der Waals surface area contributed by atoms with Crippen LogP contribution in [-0.4, -0.2) is 34.2 Å². The number of anilines is 1. The van der Waals surface area contributed by atoms with Crippen molar-refractivity contribution in [2.24, 2.45) is 0 Å². The zero-order chi connectivity index (χ0) is 22.9. The summed E-state index contributed by atoms with van der Waals surface area (Å²) in [5, 5.41) is 12.7. The molecule has 0 radical (unpaired) electrons. The molecule has 6 nitrogen and oxygen atoms in total. The number of rotatable bonds is 5. The number of nitrogens with one attached hydrogen (secondary N) is 1. The summed E-state index contributed by atoms with van der Waals surface area (Å²) in [6, 6.07) is 10.8. The van der Waals surface area contributed by atoms with Gasteiger partial charge >= 0.3 is 6.18 Å². The number of carbonyl (C=O) groups excluding carboxylic acids is 1. The molecule has 1 aliphatic heterocycles. The SMILES string of the molecule is O=C(Nc1ccc(Cl)nc1)C1(c2ccc(-c3cnc(C(F)(F)F)cc3CO)cc2)COC1. The molecule has 0 atom stereocenters. The van der Waals surface area contributed by atoms with Crippen LogP contribution in [0, 0.1) is 0 Å². The van der Waals surface area contributed by atoms with E-state index >= 15 is 0 Å². The average Bonchev–Trinajstić information content (AvgIpc) is 2.74. The first-order valence-corrected chi connectivity index (χ1v) is 9.89. The van der Waals surface area contributed by atoms with Crippen molar-refractivity contribution in [3.63, 3.8) is 0 Å². The second-order valence-corrected chi connectivity index (χ2v) is 7.75. The molecule has 1 aromatic carbocycles. The zero-order valence-electron chi connectivity index (χ0n) is 16.5. The summed E-state index contributed by atoms with van der Waals surface area (Å²) in [5.74, 6) is -0.270. The minimum absolute atomic E-state index is 0.106. The van der Waals surface area contributed by atoms with E-state index in [9.17, 15) is 23.1 Å². The van der Waals surface area contributed by atoms with Gasteiger partial charge in [0.05, 0.1) is 31.7 Å². The van der Waals surface area contributed by atoms with E-state index in [1.165, 1.54) is 6.20 Å². The first-order chi connectivity index (χ1) is 15.2. The van der Waals surface area contributed by atoms with Gasteiger partial charge in [0.25, 0.3) is 0 Å².